The number of carbonyl (C=O) groups is 1. The molecule has 2 aromatic carbocycles. The molecule has 2 aromatic rings. The van der Waals surface area contributed by atoms with Crippen LogP contribution in [-0.4, -0.2) is 29.9 Å². The normalized spacial score (nSPS) is 13.7. The van der Waals surface area contributed by atoms with Gasteiger partial charge in [-0.3, -0.25) is 4.99 Å². The molecule has 0 aromatic heterocycles. The number of benzene rings is 2. The third-order valence-corrected chi connectivity index (χ3v) is 3.15. The molecule has 2 atom stereocenters. The first kappa shape index (κ1) is 15.9. The van der Waals surface area contributed by atoms with Gasteiger partial charge in [0, 0.05) is 6.21 Å². The standard InChI is InChI=1S/C18H19NO3/c1-2-22-18(21)16(17(20)15-11-7-4-8-12-15)19-13-14-9-5-3-6-10-14/h3-13,16-17,20H,2H2,1H3. The van der Waals surface area contributed by atoms with Crippen molar-refractivity contribution in [3.05, 3.63) is 71.8 Å². The number of ether oxygens (including phenoxy) is 1. The SMILES string of the molecule is CCOC(=O)C(N=Cc1ccccc1)C(O)c1ccccc1. The molecule has 0 saturated carbocycles. The van der Waals surface area contributed by atoms with Crippen LogP contribution in [0, 0.1) is 0 Å². The molecular weight excluding hydrogens is 278 g/mol. The number of aliphatic hydroxyl groups excluding tert-OH is 1. The lowest BCUT2D eigenvalue weighted by Gasteiger charge is -2.18. The highest BCUT2D eigenvalue weighted by molar-refractivity contribution is 5.84. The number of rotatable bonds is 6. The van der Waals surface area contributed by atoms with Crippen LogP contribution in [0.25, 0.3) is 0 Å². The molecule has 0 fully saturated rings. The molecule has 0 bridgehead atoms. The monoisotopic (exact) mass is 297 g/mol. The summed E-state index contributed by atoms with van der Waals surface area (Å²) in [7, 11) is 0. The van der Waals surface area contributed by atoms with E-state index in [1.165, 1.54) is 0 Å². The highest BCUT2D eigenvalue weighted by atomic mass is 16.5. The van der Waals surface area contributed by atoms with E-state index in [4.69, 9.17) is 4.74 Å². The molecule has 2 unspecified atom stereocenters. The van der Waals surface area contributed by atoms with Gasteiger partial charge in [0.2, 0.25) is 0 Å². The summed E-state index contributed by atoms with van der Waals surface area (Å²) in [4.78, 5) is 16.3. The van der Waals surface area contributed by atoms with Gasteiger partial charge in [0.05, 0.1) is 6.61 Å². The Balaban J connectivity index is 2.23. The van der Waals surface area contributed by atoms with Crippen molar-refractivity contribution in [2.24, 2.45) is 4.99 Å². The van der Waals surface area contributed by atoms with Crippen LogP contribution in [-0.2, 0) is 9.53 Å². The van der Waals surface area contributed by atoms with E-state index in [9.17, 15) is 9.90 Å². The van der Waals surface area contributed by atoms with Crippen LogP contribution in [0.15, 0.2) is 65.7 Å². The number of esters is 1. The zero-order chi connectivity index (χ0) is 15.8. The Kier molecular flexibility index (Phi) is 5.86. The minimum Gasteiger partial charge on any atom is -0.464 e. The Morgan fingerprint density at radius 2 is 1.73 bits per heavy atom. The fourth-order valence-corrected chi connectivity index (χ4v) is 2.04. The van der Waals surface area contributed by atoms with E-state index in [0.29, 0.717) is 5.56 Å². The topological polar surface area (TPSA) is 58.9 Å². The van der Waals surface area contributed by atoms with Crippen molar-refractivity contribution >= 4 is 12.2 Å². The smallest absolute Gasteiger partial charge is 0.333 e. The Bertz CT molecular complexity index is 611. The lowest BCUT2D eigenvalue weighted by Crippen LogP contribution is -2.28. The van der Waals surface area contributed by atoms with Crippen LogP contribution in [0.3, 0.4) is 0 Å². The summed E-state index contributed by atoms with van der Waals surface area (Å²) >= 11 is 0. The number of nitrogens with zero attached hydrogens (tertiary/aromatic N) is 1. The fraction of sp³-hybridized carbons (Fsp3) is 0.222. The lowest BCUT2D eigenvalue weighted by molar-refractivity contribution is -0.147. The van der Waals surface area contributed by atoms with Gasteiger partial charge in [0.25, 0.3) is 0 Å². The zero-order valence-electron chi connectivity index (χ0n) is 12.4. The van der Waals surface area contributed by atoms with Gasteiger partial charge in [-0.15, -0.1) is 0 Å². The fourth-order valence-electron chi connectivity index (χ4n) is 2.04. The van der Waals surface area contributed by atoms with Gasteiger partial charge in [-0.05, 0) is 18.1 Å². The molecule has 4 heteroatoms. The molecule has 0 radical (unpaired) electrons. The van der Waals surface area contributed by atoms with E-state index in [0.717, 1.165) is 5.56 Å². The molecule has 0 amide bonds. The van der Waals surface area contributed by atoms with Crippen molar-refractivity contribution in [3.63, 3.8) is 0 Å². The van der Waals surface area contributed by atoms with Crippen molar-refractivity contribution in [1.29, 1.82) is 0 Å². The van der Waals surface area contributed by atoms with Crippen LogP contribution in [0.5, 0.6) is 0 Å². The van der Waals surface area contributed by atoms with Gasteiger partial charge in [-0.1, -0.05) is 60.7 Å². The summed E-state index contributed by atoms with van der Waals surface area (Å²) < 4.78 is 5.02. The largest absolute Gasteiger partial charge is 0.464 e. The highest BCUT2D eigenvalue weighted by Crippen LogP contribution is 2.20. The van der Waals surface area contributed by atoms with Crippen molar-refractivity contribution < 1.29 is 14.6 Å². The van der Waals surface area contributed by atoms with E-state index in [1.807, 2.05) is 48.5 Å². The predicted molar refractivity (Wildman–Crippen MR) is 85.9 cm³/mol. The molecule has 0 saturated heterocycles. The summed E-state index contributed by atoms with van der Waals surface area (Å²) in [5, 5.41) is 10.4. The van der Waals surface area contributed by atoms with Crippen molar-refractivity contribution in [2.75, 3.05) is 6.61 Å². The Hall–Kier alpha value is -2.46. The first-order valence-electron chi connectivity index (χ1n) is 7.20. The molecule has 0 heterocycles. The minimum atomic E-state index is -1.04. The predicted octanol–water partition coefficient (Wildman–Crippen LogP) is 2.77. The van der Waals surface area contributed by atoms with Crippen LogP contribution in [0.1, 0.15) is 24.2 Å². The molecular formula is C18H19NO3. The van der Waals surface area contributed by atoms with Crippen LogP contribution in [0.4, 0.5) is 0 Å². The zero-order valence-corrected chi connectivity index (χ0v) is 12.4. The van der Waals surface area contributed by atoms with Gasteiger partial charge in [-0.25, -0.2) is 4.79 Å². The Labute approximate surface area is 130 Å². The second-order valence-electron chi connectivity index (χ2n) is 4.74. The molecule has 0 spiro atoms. The third-order valence-electron chi connectivity index (χ3n) is 3.15. The average Bonchev–Trinajstić information content (AvgIpc) is 2.57. The van der Waals surface area contributed by atoms with Crippen molar-refractivity contribution in [1.82, 2.24) is 0 Å². The third kappa shape index (κ3) is 4.27. The van der Waals surface area contributed by atoms with Gasteiger partial charge >= 0.3 is 5.97 Å². The summed E-state index contributed by atoms with van der Waals surface area (Å²) in [5.74, 6) is -0.536. The minimum absolute atomic E-state index is 0.248. The van der Waals surface area contributed by atoms with E-state index in [2.05, 4.69) is 4.99 Å². The first-order valence-corrected chi connectivity index (χ1v) is 7.20. The Morgan fingerprint density at radius 3 is 2.32 bits per heavy atom. The number of aliphatic hydroxyl groups is 1. The maximum absolute atomic E-state index is 12.1. The molecule has 1 N–H and O–H groups in total. The van der Waals surface area contributed by atoms with Crippen LogP contribution < -0.4 is 0 Å². The second-order valence-corrected chi connectivity index (χ2v) is 4.74. The number of hydrogen-bond acceptors (Lipinski definition) is 4. The molecule has 0 aliphatic rings. The summed E-state index contributed by atoms with van der Waals surface area (Å²) in [5.41, 5.74) is 1.49. The molecule has 114 valence electrons. The quantitative estimate of drug-likeness (QED) is 0.659. The summed E-state index contributed by atoms with van der Waals surface area (Å²) in [6.45, 7) is 1.97. The van der Waals surface area contributed by atoms with E-state index >= 15 is 0 Å². The summed E-state index contributed by atoms with van der Waals surface area (Å²) in [6, 6.07) is 17.4. The molecule has 22 heavy (non-hydrogen) atoms. The van der Waals surface area contributed by atoms with E-state index in [-0.39, 0.29) is 6.61 Å². The summed E-state index contributed by atoms with van der Waals surface area (Å²) in [6.07, 6.45) is 0.536. The molecule has 0 aliphatic carbocycles. The van der Waals surface area contributed by atoms with Crippen molar-refractivity contribution in [3.8, 4) is 0 Å². The van der Waals surface area contributed by atoms with Gasteiger partial charge in [0.15, 0.2) is 6.04 Å². The van der Waals surface area contributed by atoms with Gasteiger partial charge < -0.3 is 9.84 Å². The van der Waals surface area contributed by atoms with E-state index in [1.54, 1.807) is 25.3 Å². The lowest BCUT2D eigenvalue weighted by atomic mass is 10.0. The number of hydrogen-bond donors (Lipinski definition) is 1. The second kappa shape index (κ2) is 8.10. The molecule has 0 aliphatic heterocycles. The average molecular weight is 297 g/mol. The first-order chi connectivity index (χ1) is 10.7. The maximum Gasteiger partial charge on any atom is 0.333 e. The van der Waals surface area contributed by atoms with Crippen LogP contribution in [0.2, 0.25) is 0 Å². The highest BCUT2D eigenvalue weighted by Gasteiger charge is 2.28. The van der Waals surface area contributed by atoms with Gasteiger partial charge in [0.1, 0.15) is 6.10 Å². The van der Waals surface area contributed by atoms with Crippen LogP contribution >= 0.6 is 0 Å². The van der Waals surface area contributed by atoms with E-state index < -0.39 is 18.1 Å². The Morgan fingerprint density at radius 1 is 1.14 bits per heavy atom. The number of carbonyl (C=O) groups excluding carboxylic acids is 1. The molecule has 2 rings (SSSR count). The van der Waals surface area contributed by atoms with Gasteiger partial charge in [-0.2, -0.15) is 0 Å². The maximum atomic E-state index is 12.1. The molecule has 4 nitrogen and oxygen atoms in total. The van der Waals surface area contributed by atoms with Crippen molar-refractivity contribution in [2.45, 2.75) is 19.1 Å². The number of aliphatic imine (C=N–C) groups is 1.